The number of anilines is 1. The van der Waals surface area contributed by atoms with Gasteiger partial charge in [-0.15, -0.1) is 11.3 Å². The molecule has 0 bridgehead atoms. The van der Waals surface area contributed by atoms with Gasteiger partial charge in [0.15, 0.2) is 6.61 Å². The minimum atomic E-state index is -0.599. The summed E-state index contributed by atoms with van der Waals surface area (Å²) in [5, 5.41) is 4.38. The lowest BCUT2D eigenvalue weighted by molar-refractivity contribution is -0.142. The van der Waals surface area contributed by atoms with Crippen molar-refractivity contribution in [3.8, 4) is 0 Å². The van der Waals surface area contributed by atoms with Gasteiger partial charge >= 0.3 is 5.97 Å². The van der Waals surface area contributed by atoms with Crippen LogP contribution in [0.15, 0.2) is 47.9 Å². The largest absolute Gasteiger partial charge is 0.452 e. The molecule has 0 atom stereocenters. The number of hydrogen-bond acceptors (Lipinski definition) is 4. The quantitative estimate of drug-likeness (QED) is 0.682. The molecule has 0 spiro atoms. The van der Waals surface area contributed by atoms with E-state index in [1.54, 1.807) is 6.08 Å². The molecular formula is C15H12FNO3S. The Morgan fingerprint density at radius 1 is 1.24 bits per heavy atom. The molecule has 108 valence electrons. The molecule has 21 heavy (non-hydrogen) atoms. The Morgan fingerprint density at radius 3 is 2.67 bits per heavy atom. The van der Waals surface area contributed by atoms with Gasteiger partial charge < -0.3 is 10.1 Å². The van der Waals surface area contributed by atoms with Crippen LogP contribution in [0.3, 0.4) is 0 Å². The molecule has 4 nitrogen and oxygen atoms in total. The third-order valence-corrected chi connectivity index (χ3v) is 3.24. The molecule has 1 N–H and O–H groups in total. The molecule has 0 saturated heterocycles. The number of ether oxygens (including phenoxy) is 1. The van der Waals surface area contributed by atoms with Gasteiger partial charge in [-0.2, -0.15) is 0 Å². The second-order valence-electron chi connectivity index (χ2n) is 4.01. The van der Waals surface area contributed by atoms with E-state index in [2.05, 4.69) is 5.32 Å². The van der Waals surface area contributed by atoms with E-state index in [1.165, 1.54) is 41.7 Å². The van der Waals surface area contributed by atoms with Crippen LogP contribution < -0.4 is 5.32 Å². The van der Waals surface area contributed by atoms with Crippen LogP contribution >= 0.6 is 11.3 Å². The first kappa shape index (κ1) is 14.9. The topological polar surface area (TPSA) is 55.4 Å². The highest BCUT2D eigenvalue weighted by Crippen LogP contribution is 2.10. The normalized spacial score (nSPS) is 10.5. The number of rotatable bonds is 5. The number of esters is 1. The minimum absolute atomic E-state index is 0.391. The van der Waals surface area contributed by atoms with Crippen LogP contribution in [0.4, 0.5) is 10.1 Å². The number of carbonyl (C=O) groups is 2. The van der Waals surface area contributed by atoms with Crippen molar-refractivity contribution in [2.45, 2.75) is 0 Å². The van der Waals surface area contributed by atoms with E-state index >= 15 is 0 Å². The van der Waals surface area contributed by atoms with Gasteiger partial charge in [0.25, 0.3) is 5.91 Å². The fourth-order valence-corrected chi connectivity index (χ4v) is 2.07. The predicted molar refractivity (Wildman–Crippen MR) is 79.3 cm³/mol. The van der Waals surface area contributed by atoms with E-state index < -0.39 is 24.3 Å². The second-order valence-corrected chi connectivity index (χ2v) is 4.99. The first-order valence-corrected chi connectivity index (χ1v) is 6.95. The third kappa shape index (κ3) is 5.19. The number of thiophene rings is 1. The van der Waals surface area contributed by atoms with E-state index in [-0.39, 0.29) is 0 Å². The maximum Gasteiger partial charge on any atom is 0.331 e. The van der Waals surface area contributed by atoms with Crippen LogP contribution in [0.25, 0.3) is 6.08 Å². The highest BCUT2D eigenvalue weighted by atomic mass is 32.1. The molecule has 0 aliphatic rings. The molecule has 0 radical (unpaired) electrons. The van der Waals surface area contributed by atoms with Crippen molar-refractivity contribution in [3.05, 3.63) is 58.5 Å². The first-order chi connectivity index (χ1) is 10.1. The fraction of sp³-hybridized carbons (Fsp3) is 0.0667. The monoisotopic (exact) mass is 305 g/mol. The Morgan fingerprint density at radius 2 is 2.00 bits per heavy atom. The average molecular weight is 305 g/mol. The zero-order chi connectivity index (χ0) is 15.1. The van der Waals surface area contributed by atoms with Crippen LogP contribution in [0.1, 0.15) is 4.88 Å². The van der Waals surface area contributed by atoms with E-state index in [4.69, 9.17) is 4.74 Å². The molecule has 0 aliphatic carbocycles. The molecule has 2 rings (SSSR count). The van der Waals surface area contributed by atoms with E-state index in [9.17, 15) is 14.0 Å². The molecule has 6 heteroatoms. The van der Waals surface area contributed by atoms with Crippen LogP contribution in [0, 0.1) is 5.82 Å². The SMILES string of the molecule is O=C(COC(=O)C=Cc1cccs1)Nc1ccc(F)cc1. The summed E-state index contributed by atoms with van der Waals surface area (Å²) in [6.07, 6.45) is 2.88. The second kappa shape index (κ2) is 7.35. The lowest BCUT2D eigenvalue weighted by atomic mass is 10.3. The molecule has 1 heterocycles. The zero-order valence-electron chi connectivity index (χ0n) is 10.9. The molecule has 0 unspecified atom stereocenters. The fourth-order valence-electron chi connectivity index (χ4n) is 1.45. The van der Waals surface area contributed by atoms with Crippen molar-refractivity contribution >= 4 is 35.0 Å². The maximum absolute atomic E-state index is 12.7. The van der Waals surface area contributed by atoms with Gasteiger partial charge in [0.2, 0.25) is 0 Å². The van der Waals surface area contributed by atoms with E-state index in [0.29, 0.717) is 5.69 Å². The van der Waals surface area contributed by atoms with Crippen molar-refractivity contribution in [2.75, 3.05) is 11.9 Å². The minimum Gasteiger partial charge on any atom is -0.452 e. The van der Waals surface area contributed by atoms with E-state index in [0.717, 1.165) is 4.88 Å². The standard InChI is InChI=1S/C15H12FNO3S/c16-11-3-5-12(6-4-11)17-14(18)10-20-15(19)8-7-13-2-1-9-21-13/h1-9H,10H2,(H,17,18). The van der Waals surface area contributed by atoms with Crippen molar-refractivity contribution in [3.63, 3.8) is 0 Å². The summed E-state index contributed by atoms with van der Waals surface area (Å²) in [5.74, 6) is -1.48. The number of nitrogens with one attached hydrogen (secondary N) is 1. The Hall–Kier alpha value is -2.47. The first-order valence-electron chi connectivity index (χ1n) is 6.07. The van der Waals surface area contributed by atoms with Crippen molar-refractivity contribution in [1.29, 1.82) is 0 Å². The van der Waals surface area contributed by atoms with Gasteiger partial charge in [-0.25, -0.2) is 9.18 Å². The summed E-state index contributed by atoms with van der Waals surface area (Å²) in [5.41, 5.74) is 0.437. The van der Waals surface area contributed by atoms with Gasteiger partial charge in [-0.3, -0.25) is 4.79 Å². The predicted octanol–water partition coefficient (Wildman–Crippen LogP) is 3.08. The van der Waals surface area contributed by atoms with Gasteiger partial charge in [0.05, 0.1) is 0 Å². The highest BCUT2D eigenvalue weighted by molar-refractivity contribution is 7.10. The average Bonchev–Trinajstić information content (AvgIpc) is 2.99. The van der Waals surface area contributed by atoms with Crippen LogP contribution in [0.5, 0.6) is 0 Å². The number of benzene rings is 1. The van der Waals surface area contributed by atoms with Crippen LogP contribution in [0.2, 0.25) is 0 Å². The Bertz CT molecular complexity index is 635. The number of halogens is 1. The number of amides is 1. The van der Waals surface area contributed by atoms with Crippen LogP contribution in [-0.4, -0.2) is 18.5 Å². The number of carbonyl (C=O) groups excluding carboxylic acids is 2. The molecule has 1 amide bonds. The molecular weight excluding hydrogens is 293 g/mol. The molecule has 1 aromatic heterocycles. The van der Waals surface area contributed by atoms with Gasteiger partial charge in [0.1, 0.15) is 5.82 Å². The Labute approximate surface area is 124 Å². The van der Waals surface area contributed by atoms with E-state index in [1.807, 2.05) is 17.5 Å². The summed E-state index contributed by atoms with van der Waals surface area (Å²) in [7, 11) is 0. The molecule has 2 aromatic rings. The zero-order valence-corrected chi connectivity index (χ0v) is 11.7. The molecule has 1 aromatic carbocycles. The molecule has 0 fully saturated rings. The van der Waals surface area contributed by atoms with Gasteiger partial charge in [-0.1, -0.05) is 6.07 Å². The van der Waals surface area contributed by atoms with Crippen molar-refractivity contribution < 1.29 is 18.7 Å². The van der Waals surface area contributed by atoms with Crippen molar-refractivity contribution in [2.24, 2.45) is 0 Å². The third-order valence-electron chi connectivity index (χ3n) is 2.40. The lowest BCUT2D eigenvalue weighted by Gasteiger charge is -2.05. The molecule has 0 saturated carbocycles. The van der Waals surface area contributed by atoms with Crippen LogP contribution in [-0.2, 0) is 14.3 Å². The summed E-state index contributed by atoms with van der Waals surface area (Å²) in [6.45, 7) is -0.398. The summed E-state index contributed by atoms with van der Waals surface area (Å²) in [6, 6.07) is 9.02. The van der Waals surface area contributed by atoms with Crippen molar-refractivity contribution in [1.82, 2.24) is 0 Å². The lowest BCUT2D eigenvalue weighted by Crippen LogP contribution is -2.20. The Kier molecular flexibility index (Phi) is 5.22. The van der Waals surface area contributed by atoms with Gasteiger partial charge in [-0.05, 0) is 41.8 Å². The summed E-state index contributed by atoms with van der Waals surface area (Å²) < 4.78 is 17.5. The molecule has 0 aliphatic heterocycles. The summed E-state index contributed by atoms with van der Waals surface area (Å²) >= 11 is 1.49. The summed E-state index contributed by atoms with van der Waals surface area (Å²) in [4.78, 5) is 23.9. The highest BCUT2D eigenvalue weighted by Gasteiger charge is 2.05. The Balaban J connectivity index is 1.75. The smallest absolute Gasteiger partial charge is 0.331 e. The maximum atomic E-state index is 12.7. The van der Waals surface area contributed by atoms with Gasteiger partial charge in [0, 0.05) is 16.6 Å². The number of hydrogen-bond donors (Lipinski definition) is 1.